The van der Waals surface area contributed by atoms with Gasteiger partial charge in [0.15, 0.2) is 11.5 Å². The lowest BCUT2D eigenvalue weighted by atomic mass is 10.2. The van der Waals surface area contributed by atoms with Gasteiger partial charge in [-0.25, -0.2) is 4.79 Å². The summed E-state index contributed by atoms with van der Waals surface area (Å²) in [6.07, 6.45) is 2.51. The molecule has 7 heteroatoms. The molecule has 0 unspecified atom stereocenters. The minimum absolute atomic E-state index is 0.0148. The van der Waals surface area contributed by atoms with Gasteiger partial charge >= 0.3 is 5.97 Å². The topological polar surface area (TPSA) is 80.2 Å². The van der Waals surface area contributed by atoms with Crippen LogP contribution in [0.3, 0.4) is 0 Å². The Balaban J connectivity index is 2.09. The molecule has 2 rings (SSSR count). The maximum Gasteiger partial charge on any atom is 0.337 e. The molecule has 0 heterocycles. The van der Waals surface area contributed by atoms with E-state index >= 15 is 0 Å². The van der Waals surface area contributed by atoms with E-state index in [9.17, 15) is 4.79 Å². The predicted octanol–water partition coefficient (Wildman–Crippen LogP) is 4.28. The molecule has 0 aliphatic heterocycles. The summed E-state index contributed by atoms with van der Waals surface area (Å²) in [5.41, 5.74) is 4.12. The SMILES string of the molecule is CCCOc1ccc(/C=N/Nc2ccc(Cl)c(C(=O)O)c2)cc1OC. The smallest absolute Gasteiger partial charge is 0.337 e. The minimum atomic E-state index is -1.09. The second-order valence-electron chi connectivity index (χ2n) is 5.13. The van der Waals surface area contributed by atoms with Crippen molar-refractivity contribution in [2.75, 3.05) is 19.1 Å². The van der Waals surface area contributed by atoms with Crippen molar-refractivity contribution in [1.29, 1.82) is 0 Å². The zero-order valence-corrected chi connectivity index (χ0v) is 14.7. The number of carboxylic acids is 1. The van der Waals surface area contributed by atoms with Crippen LogP contribution < -0.4 is 14.9 Å². The molecule has 0 saturated carbocycles. The Morgan fingerprint density at radius 2 is 2.08 bits per heavy atom. The number of nitrogens with zero attached hydrogens (tertiary/aromatic N) is 1. The van der Waals surface area contributed by atoms with Gasteiger partial charge < -0.3 is 14.6 Å². The monoisotopic (exact) mass is 362 g/mol. The number of anilines is 1. The van der Waals surface area contributed by atoms with Crippen LogP contribution in [-0.2, 0) is 0 Å². The molecule has 2 aromatic rings. The number of hydrazone groups is 1. The molecule has 0 aromatic heterocycles. The van der Waals surface area contributed by atoms with E-state index in [2.05, 4.69) is 10.5 Å². The van der Waals surface area contributed by atoms with Crippen LogP contribution in [-0.4, -0.2) is 31.0 Å². The van der Waals surface area contributed by atoms with Crippen molar-refractivity contribution < 1.29 is 19.4 Å². The highest BCUT2D eigenvalue weighted by atomic mass is 35.5. The molecule has 0 spiro atoms. The van der Waals surface area contributed by atoms with Gasteiger partial charge in [-0.2, -0.15) is 5.10 Å². The second-order valence-corrected chi connectivity index (χ2v) is 5.54. The molecule has 0 fully saturated rings. The highest BCUT2D eigenvalue weighted by Gasteiger charge is 2.09. The molecule has 0 atom stereocenters. The Hall–Kier alpha value is -2.73. The Morgan fingerprint density at radius 1 is 1.28 bits per heavy atom. The average Bonchev–Trinajstić information content (AvgIpc) is 2.61. The van der Waals surface area contributed by atoms with Crippen molar-refractivity contribution in [2.24, 2.45) is 5.10 Å². The summed E-state index contributed by atoms with van der Waals surface area (Å²) in [5, 5.41) is 13.3. The lowest BCUT2D eigenvalue weighted by Gasteiger charge is -2.10. The fourth-order valence-corrected chi connectivity index (χ4v) is 2.23. The number of hydrogen-bond donors (Lipinski definition) is 2. The van der Waals surface area contributed by atoms with E-state index < -0.39 is 5.97 Å². The number of rotatable bonds is 8. The number of carboxylic acid groups (broad SMARTS) is 1. The first-order valence-corrected chi connectivity index (χ1v) is 8.05. The van der Waals surface area contributed by atoms with Crippen LogP contribution >= 0.6 is 11.6 Å². The molecule has 2 aromatic carbocycles. The van der Waals surface area contributed by atoms with Gasteiger partial charge in [0.1, 0.15) is 0 Å². The predicted molar refractivity (Wildman–Crippen MR) is 98.4 cm³/mol. The molecule has 0 aliphatic rings. The first-order chi connectivity index (χ1) is 12.0. The first kappa shape index (κ1) is 18.6. The third kappa shape index (κ3) is 5.12. The number of hydrogen-bond acceptors (Lipinski definition) is 5. The van der Waals surface area contributed by atoms with E-state index in [0.29, 0.717) is 23.8 Å². The lowest BCUT2D eigenvalue weighted by Crippen LogP contribution is -2.00. The zero-order valence-electron chi connectivity index (χ0n) is 14.0. The normalized spacial score (nSPS) is 10.7. The summed E-state index contributed by atoms with van der Waals surface area (Å²) < 4.78 is 10.9. The van der Waals surface area contributed by atoms with Gasteiger partial charge in [-0.15, -0.1) is 0 Å². The third-order valence-corrected chi connectivity index (χ3v) is 3.58. The third-order valence-electron chi connectivity index (χ3n) is 3.25. The van der Waals surface area contributed by atoms with Gasteiger partial charge in [0.25, 0.3) is 0 Å². The van der Waals surface area contributed by atoms with Gasteiger partial charge in [-0.1, -0.05) is 18.5 Å². The van der Waals surface area contributed by atoms with E-state index in [1.807, 2.05) is 19.1 Å². The van der Waals surface area contributed by atoms with E-state index in [4.69, 9.17) is 26.2 Å². The standard InChI is InChI=1S/C18H19ClN2O4/c1-3-8-25-16-7-4-12(9-17(16)24-2)11-20-21-13-5-6-15(19)14(10-13)18(22)23/h4-7,9-11,21H,3,8H2,1-2H3,(H,22,23)/b20-11+. The highest BCUT2D eigenvalue weighted by Crippen LogP contribution is 2.27. The van der Waals surface area contributed by atoms with Gasteiger partial charge in [-0.3, -0.25) is 5.43 Å². The number of benzene rings is 2. The van der Waals surface area contributed by atoms with Crippen molar-refractivity contribution in [1.82, 2.24) is 0 Å². The van der Waals surface area contributed by atoms with Crippen molar-refractivity contribution in [3.8, 4) is 11.5 Å². The number of methoxy groups -OCH3 is 1. The quantitative estimate of drug-likeness (QED) is 0.541. The number of ether oxygens (including phenoxy) is 2. The fraction of sp³-hybridized carbons (Fsp3) is 0.222. The largest absolute Gasteiger partial charge is 0.493 e. The van der Waals surface area contributed by atoms with E-state index in [1.54, 1.807) is 25.5 Å². The van der Waals surface area contributed by atoms with Crippen LogP contribution in [0.25, 0.3) is 0 Å². The summed E-state index contributed by atoms with van der Waals surface area (Å²) in [6, 6.07) is 10.1. The van der Waals surface area contributed by atoms with Crippen molar-refractivity contribution >= 4 is 29.5 Å². The molecular weight excluding hydrogens is 344 g/mol. The molecule has 25 heavy (non-hydrogen) atoms. The highest BCUT2D eigenvalue weighted by molar-refractivity contribution is 6.33. The number of carbonyl (C=O) groups is 1. The number of nitrogens with one attached hydrogen (secondary N) is 1. The summed E-state index contributed by atoms with van der Waals surface area (Å²) in [4.78, 5) is 11.1. The first-order valence-electron chi connectivity index (χ1n) is 7.68. The van der Waals surface area contributed by atoms with E-state index in [-0.39, 0.29) is 10.6 Å². The summed E-state index contributed by atoms with van der Waals surface area (Å²) in [5.74, 6) is 0.209. The van der Waals surface area contributed by atoms with Crippen LogP contribution in [0.2, 0.25) is 5.02 Å². The Morgan fingerprint density at radius 3 is 2.76 bits per heavy atom. The van der Waals surface area contributed by atoms with Gasteiger partial charge in [-0.05, 0) is 48.4 Å². The second kappa shape index (κ2) is 8.94. The maximum absolute atomic E-state index is 11.1. The molecule has 0 radical (unpaired) electrons. The van der Waals surface area contributed by atoms with Gasteiger partial charge in [0, 0.05) is 0 Å². The molecule has 0 amide bonds. The Bertz CT molecular complexity index is 778. The van der Waals surface area contributed by atoms with Crippen LogP contribution in [0.15, 0.2) is 41.5 Å². The molecule has 6 nitrogen and oxygen atoms in total. The summed E-state index contributed by atoms with van der Waals surface area (Å²) >= 11 is 5.83. The molecule has 0 saturated heterocycles. The van der Waals surface area contributed by atoms with Crippen LogP contribution in [0, 0.1) is 0 Å². The maximum atomic E-state index is 11.1. The zero-order chi connectivity index (χ0) is 18.2. The molecule has 0 aliphatic carbocycles. The van der Waals surface area contributed by atoms with E-state index in [0.717, 1.165) is 12.0 Å². The van der Waals surface area contributed by atoms with Crippen LogP contribution in [0.4, 0.5) is 5.69 Å². The molecule has 0 bridgehead atoms. The molecule has 132 valence electrons. The summed E-state index contributed by atoms with van der Waals surface area (Å²) in [6.45, 7) is 2.65. The van der Waals surface area contributed by atoms with Gasteiger partial charge in [0.2, 0.25) is 0 Å². The van der Waals surface area contributed by atoms with Crippen molar-refractivity contribution in [2.45, 2.75) is 13.3 Å². The Kier molecular flexibility index (Phi) is 6.65. The Labute approximate surface area is 151 Å². The van der Waals surface area contributed by atoms with Crippen molar-refractivity contribution in [3.63, 3.8) is 0 Å². The van der Waals surface area contributed by atoms with Crippen LogP contribution in [0.5, 0.6) is 11.5 Å². The van der Waals surface area contributed by atoms with Crippen molar-refractivity contribution in [3.05, 3.63) is 52.5 Å². The molecular formula is C18H19ClN2O4. The van der Waals surface area contributed by atoms with E-state index in [1.165, 1.54) is 12.1 Å². The lowest BCUT2D eigenvalue weighted by molar-refractivity contribution is 0.0697. The summed E-state index contributed by atoms with van der Waals surface area (Å²) in [7, 11) is 1.58. The van der Waals surface area contributed by atoms with Gasteiger partial charge in [0.05, 0.1) is 36.2 Å². The minimum Gasteiger partial charge on any atom is -0.493 e. The fourth-order valence-electron chi connectivity index (χ4n) is 2.04. The number of aromatic carboxylic acids is 1. The molecule has 2 N–H and O–H groups in total. The van der Waals surface area contributed by atoms with Crippen LogP contribution in [0.1, 0.15) is 29.3 Å². The number of halogens is 1. The average molecular weight is 363 g/mol.